The van der Waals surface area contributed by atoms with Crippen LogP contribution in [-0.2, 0) is 10.0 Å². The zero-order valence-corrected chi connectivity index (χ0v) is 8.28. The van der Waals surface area contributed by atoms with Gasteiger partial charge >= 0.3 is 5.82 Å². The number of hydrogen-bond donors (Lipinski definition) is 1. The van der Waals surface area contributed by atoms with Gasteiger partial charge in [-0.25, -0.2) is 17.7 Å². The van der Waals surface area contributed by atoms with Gasteiger partial charge in [-0.05, 0) is 4.92 Å². The summed E-state index contributed by atoms with van der Waals surface area (Å²) >= 11 is 0. The monoisotopic (exact) mass is 220 g/mol. The topological polar surface area (TPSA) is 109 Å². The Labute approximate surface area is 79.8 Å². The number of sulfonamides is 1. The van der Waals surface area contributed by atoms with Crippen LogP contribution in [0, 0.1) is 10.1 Å². The number of imidazole rings is 1. The number of aromatic amines is 1. The highest BCUT2D eigenvalue weighted by molar-refractivity contribution is 7.89. The lowest BCUT2D eigenvalue weighted by Crippen LogP contribution is -2.23. The highest BCUT2D eigenvalue weighted by Gasteiger charge is 2.30. The maximum Gasteiger partial charge on any atom is 0.361 e. The van der Waals surface area contributed by atoms with Gasteiger partial charge in [0.2, 0.25) is 0 Å². The third kappa shape index (κ3) is 1.59. The first-order chi connectivity index (χ1) is 6.37. The van der Waals surface area contributed by atoms with E-state index in [9.17, 15) is 18.5 Å². The molecule has 1 heterocycles. The second-order valence-corrected chi connectivity index (χ2v) is 4.67. The maximum absolute atomic E-state index is 11.5. The SMILES string of the molecule is CN(C)S(=O)(=O)c1nc[nH]c1[N+](=O)[O-]. The summed E-state index contributed by atoms with van der Waals surface area (Å²) in [5.74, 6) is -0.626. The van der Waals surface area contributed by atoms with Gasteiger partial charge < -0.3 is 10.1 Å². The van der Waals surface area contributed by atoms with Gasteiger partial charge in [0.1, 0.15) is 0 Å². The van der Waals surface area contributed by atoms with Crippen LogP contribution in [0.15, 0.2) is 11.4 Å². The highest BCUT2D eigenvalue weighted by Crippen LogP contribution is 2.20. The van der Waals surface area contributed by atoms with Crippen LogP contribution >= 0.6 is 0 Å². The van der Waals surface area contributed by atoms with Crippen LogP contribution in [0.2, 0.25) is 0 Å². The summed E-state index contributed by atoms with van der Waals surface area (Å²) in [6.07, 6.45) is 0.967. The predicted octanol–water partition coefficient (Wildman–Crippen LogP) is -0.432. The van der Waals surface area contributed by atoms with Crippen molar-refractivity contribution >= 4 is 15.8 Å². The Morgan fingerprint density at radius 3 is 2.57 bits per heavy atom. The zero-order chi connectivity index (χ0) is 10.9. The second-order valence-electron chi connectivity index (χ2n) is 2.60. The molecule has 9 heteroatoms. The van der Waals surface area contributed by atoms with E-state index >= 15 is 0 Å². The second kappa shape index (κ2) is 3.35. The molecule has 0 aromatic carbocycles. The Kier molecular flexibility index (Phi) is 2.53. The van der Waals surface area contributed by atoms with Crippen LogP contribution in [0.4, 0.5) is 5.82 Å². The largest absolute Gasteiger partial charge is 0.361 e. The first kappa shape index (κ1) is 10.6. The molecule has 1 rings (SSSR count). The van der Waals surface area contributed by atoms with Gasteiger partial charge in [0.05, 0.1) is 0 Å². The fraction of sp³-hybridized carbons (Fsp3) is 0.400. The molecule has 14 heavy (non-hydrogen) atoms. The van der Waals surface area contributed by atoms with Crippen molar-refractivity contribution in [2.45, 2.75) is 5.03 Å². The van der Waals surface area contributed by atoms with Crippen LogP contribution in [-0.4, -0.2) is 41.7 Å². The first-order valence-electron chi connectivity index (χ1n) is 3.47. The predicted molar refractivity (Wildman–Crippen MR) is 46.1 cm³/mol. The van der Waals surface area contributed by atoms with Crippen molar-refractivity contribution in [3.8, 4) is 0 Å². The van der Waals surface area contributed by atoms with Crippen molar-refractivity contribution in [3.63, 3.8) is 0 Å². The number of rotatable bonds is 3. The summed E-state index contributed by atoms with van der Waals surface area (Å²) in [6, 6.07) is 0. The Balaban J connectivity index is 3.34. The van der Waals surface area contributed by atoms with Crippen LogP contribution < -0.4 is 0 Å². The summed E-state index contributed by atoms with van der Waals surface area (Å²) in [5.41, 5.74) is 0. The van der Waals surface area contributed by atoms with Gasteiger partial charge in [0, 0.05) is 14.1 Å². The number of aromatic nitrogens is 2. The van der Waals surface area contributed by atoms with E-state index in [0.717, 1.165) is 10.6 Å². The molecule has 0 aliphatic carbocycles. The standard InChI is InChI=1S/C5H8N4O4S/c1-8(2)14(12,13)5-4(9(10)11)6-3-7-5/h3H,1-2H3,(H,6,7). The number of H-pyrrole nitrogens is 1. The van der Waals surface area contributed by atoms with Crippen molar-refractivity contribution in [3.05, 3.63) is 16.4 Å². The van der Waals surface area contributed by atoms with Crippen molar-refractivity contribution in [1.82, 2.24) is 14.3 Å². The zero-order valence-electron chi connectivity index (χ0n) is 7.46. The van der Waals surface area contributed by atoms with Crippen molar-refractivity contribution < 1.29 is 13.3 Å². The van der Waals surface area contributed by atoms with E-state index in [2.05, 4.69) is 9.97 Å². The molecule has 1 N–H and O–H groups in total. The van der Waals surface area contributed by atoms with Crippen LogP contribution in [0.5, 0.6) is 0 Å². The minimum atomic E-state index is -3.86. The molecule has 0 unspecified atom stereocenters. The molecule has 0 atom stereocenters. The molecule has 0 saturated carbocycles. The molecule has 0 aliphatic rings. The molecule has 1 aromatic heterocycles. The Bertz CT molecular complexity index is 448. The molecule has 0 spiro atoms. The Hall–Kier alpha value is -1.48. The molecule has 8 nitrogen and oxygen atoms in total. The fourth-order valence-corrected chi connectivity index (χ4v) is 1.68. The van der Waals surface area contributed by atoms with Gasteiger partial charge in [-0.3, -0.25) is 0 Å². The summed E-state index contributed by atoms with van der Waals surface area (Å²) in [5, 5.41) is 9.83. The van der Waals surface area contributed by atoms with Crippen LogP contribution in [0.1, 0.15) is 0 Å². The number of nitrogens with zero attached hydrogens (tertiary/aromatic N) is 3. The van der Waals surface area contributed by atoms with E-state index < -0.39 is 25.8 Å². The molecular formula is C5H8N4O4S. The summed E-state index contributed by atoms with van der Waals surface area (Å²) in [6.45, 7) is 0. The molecule has 0 radical (unpaired) electrons. The average Bonchev–Trinajstić information content (AvgIpc) is 2.51. The molecule has 0 bridgehead atoms. The number of hydrogen-bond acceptors (Lipinski definition) is 5. The lowest BCUT2D eigenvalue weighted by atomic mass is 10.8. The van der Waals surface area contributed by atoms with Gasteiger partial charge in [-0.2, -0.15) is 4.98 Å². The summed E-state index contributed by atoms with van der Waals surface area (Å²) in [7, 11) is -1.32. The Morgan fingerprint density at radius 2 is 2.14 bits per heavy atom. The number of nitrogens with one attached hydrogen (secondary N) is 1. The molecule has 0 fully saturated rings. The molecule has 0 aliphatic heterocycles. The van der Waals surface area contributed by atoms with Gasteiger partial charge in [0.15, 0.2) is 6.33 Å². The molecule has 1 aromatic rings. The van der Waals surface area contributed by atoms with Crippen LogP contribution in [0.3, 0.4) is 0 Å². The minimum Gasteiger partial charge on any atom is -0.358 e. The van der Waals surface area contributed by atoms with Crippen molar-refractivity contribution in [1.29, 1.82) is 0 Å². The smallest absolute Gasteiger partial charge is 0.358 e. The Morgan fingerprint density at radius 1 is 1.57 bits per heavy atom. The van der Waals surface area contributed by atoms with Gasteiger partial charge in [0.25, 0.3) is 15.0 Å². The van der Waals surface area contributed by atoms with Crippen molar-refractivity contribution in [2.24, 2.45) is 0 Å². The lowest BCUT2D eigenvalue weighted by Gasteiger charge is -2.07. The third-order valence-corrected chi connectivity index (χ3v) is 3.24. The van der Waals surface area contributed by atoms with E-state index in [1.165, 1.54) is 14.1 Å². The summed E-state index contributed by atoms with van der Waals surface area (Å²) in [4.78, 5) is 15.1. The van der Waals surface area contributed by atoms with Gasteiger partial charge in [-0.15, -0.1) is 0 Å². The van der Waals surface area contributed by atoms with E-state index in [4.69, 9.17) is 0 Å². The third-order valence-electron chi connectivity index (χ3n) is 1.49. The highest BCUT2D eigenvalue weighted by atomic mass is 32.2. The minimum absolute atomic E-state index is 0.576. The van der Waals surface area contributed by atoms with Crippen LogP contribution in [0.25, 0.3) is 0 Å². The first-order valence-corrected chi connectivity index (χ1v) is 4.91. The molecule has 0 saturated heterocycles. The molecule has 0 amide bonds. The van der Waals surface area contributed by atoms with E-state index in [1.54, 1.807) is 0 Å². The average molecular weight is 220 g/mol. The summed E-state index contributed by atoms with van der Waals surface area (Å²) < 4.78 is 23.8. The lowest BCUT2D eigenvalue weighted by molar-refractivity contribution is -0.392. The fourth-order valence-electron chi connectivity index (χ4n) is 0.767. The van der Waals surface area contributed by atoms with Crippen molar-refractivity contribution in [2.75, 3.05) is 14.1 Å². The molecular weight excluding hydrogens is 212 g/mol. The maximum atomic E-state index is 11.5. The van der Waals surface area contributed by atoms with E-state index in [-0.39, 0.29) is 0 Å². The number of nitro groups is 1. The quantitative estimate of drug-likeness (QED) is 0.549. The molecule has 78 valence electrons. The van der Waals surface area contributed by atoms with E-state index in [1.807, 2.05) is 0 Å². The van der Waals surface area contributed by atoms with E-state index in [0.29, 0.717) is 0 Å². The van der Waals surface area contributed by atoms with Gasteiger partial charge in [-0.1, -0.05) is 0 Å². The normalized spacial score (nSPS) is 11.9.